The molecule has 0 aliphatic rings. The molecule has 0 heterocycles. The van der Waals surface area contributed by atoms with Gasteiger partial charge in [-0.3, -0.25) is 4.79 Å². The molecule has 3 aromatic carbocycles. The molecule has 33 heavy (non-hydrogen) atoms. The number of carbonyl (C=O) groups excluding carboxylic acids is 1. The van der Waals surface area contributed by atoms with Crippen LogP contribution in [0.4, 0.5) is 17.6 Å². The lowest BCUT2D eigenvalue weighted by Gasteiger charge is -2.23. The fourth-order valence-electron chi connectivity index (χ4n) is 3.86. The lowest BCUT2D eigenvalue weighted by Crippen LogP contribution is -2.36. The van der Waals surface area contributed by atoms with Crippen molar-refractivity contribution in [3.8, 4) is 0 Å². The average molecular weight is 458 g/mol. The highest BCUT2D eigenvalue weighted by molar-refractivity contribution is 5.82. The van der Waals surface area contributed by atoms with E-state index in [1.54, 1.807) is 19.2 Å². The summed E-state index contributed by atoms with van der Waals surface area (Å²) in [5, 5.41) is 5.85. The van der Waals surface area contributed by atoms with Gasteiger partial charge in [0.05, 0.1) is 5.56 Å². The Balaban J connectivity index is 1.87. The van der Waals surface area contributed by atoms with Crippen LogP contribution < -0.4 is 10.6 Å². The third-order valence-corrected chi connectivity index (χ3v) is 5.59. The van der Waals surface area contributed by atoms with Crippen LogP contribution in [0.15, 0.2) is 72.8 Å². The first-order valence-electron chi connectivity index (χ1n) is 10.6. The van der Waals surface area contributed by atoms with Gasteiger partial charge in [-0.2, -0.15) is 13.2 Å². The minimum Gasteiger partial charge on any atom is -0.358 e. The molecule has 2 atom stereocenters. The zero-order valence-electron chi connectivity index (χ0n) is 18.4. The van der Waals surface area contributed by atoms with Crippen molar-refractivity contribution in [2.24, 2.45) is 0 Å². The van der Waals surface area contributed by atoms with Crippen LogP contribution in [-0.4, -0.2) is 19.5 Å². The predicted octanol–water partition coefficient (Wildman–Crippen LogP) is 5.75. The maximum Gasteiger partial charge on any atom is 0.416 e. The Kier molecular flexibility index (Phi) is 7.87. The fourth-order valence-corrected chi connectivity index (χ4v) is 3.86. The number of alkyl halides is 3. The third kappa shape index (κ3) is 6.20. The number of hydrogen-bond acceptors (Lipinski definition) is 2. The van der Waals surface area contributed by atoms with Crippen molar-refractivity contribution in [3.05, 3.63) is 106 Å². The molecular formula is C26H26F4N2O. The number of rotatable bonds is 8. The summed E-state index contributed by atoms with van der Waals surface area (Å²) >= 11 is 0. The molecule has 0 aromatic heterocycles. The van der Waals surface area contributed by atoms with Gasteiger partial charge < -0.3 is 10.6 Å². The summed E-state index contributed by atoms with van der Waals surface area (Å²) in [6.45, 7) is 2.17. The van der Waals surface area contributed by atoms with E-state index in [0.29, 0.717) is 24.1 Å². The summed E-state index contributed by atoms with van der Waals surface area (Å²) in [5.41, 5.74) is 1.86. The summed E-state index contributed by atoms with van der Waals surface area (Å²) in [5.74, 6) is -1.12. The summed E-state index contributed by atoms with van der Waals surface area (Å²) in [7, 11) is 1.55. The Bertz CT molecular complexity index is 1070. The van der Waals surface area contributed by atoms with Crippen molar-refractivity contribution in [1.82, 2.24) is 10.6 Å². The maximum absolute atomic E-state index is 14.7. The average Bonchev–Trinajstić information content (AvgIpc) is 2.81. The van der Waals surface area contributed by atoms with Crippen molar-refractivity contribution in [3.63, 3.8) is 0 Å². The van der Waals surface area contributed by atoms with Gasteiger partial charge >= 0.3 is 6.18 Å². The summed E-state index contributed by atoms with van der Waals surface area (Å²) < 4.78 is 53.8. The maximum atomic E-state index is 14.7. The van der Waals surface area contributed by atoms with E-state index < -0.39 is 29.5 Å². The quantitative estimate of drug-likeness (QED) is 0.422. The highest BCUT2D eigenvalue weighted by Crippen LogP contribution is 2.34. The van der Waals surface area contributed by atoms with Crippen LogP contribution in [0.2, 0.25) is 0 Å². The fraction of sp³-hybridized carbons (Fsp3) is 0.269. The minimum absolute atomic E-state index is 0.214. The van der Waals surface area contributed by atoms with Crippen LogP contribution in [0.5, 0.6) is 0 Å². The molecule has 0 saturated heterocycles. The Hall–Kier alpha value is -3.19. The number of nitrogens with one attached hydrogen (secondary N) is 2. The van der Waals surface area contributed by atoms with Crippen LogP contribution >= 0.6 is 0 Å². The van der Waals surface area contributed by atoms with Crippen molar-refractivity contribution >= 4 is 5.91 Å². The van der Waals surface area contributed by atoms with Crippen molar-refractivity contribution in [1.29, 1.82) is 0 Å². The normalized spacial score (nSPS) is 13.4. The first-order valence-corrected chi connectivity index (χ1v) is 10.6. The van der Waals surface area contributed by atoms with E-state index in [2.05, 4.69) is 10.6 Å². The number of likely N-dealkylation sites (N-methyl/N-ethyl adjacent to an activating group) is 1. The Morgan fingerprint density at radius 1 is 0.939 bits per heavy atom. The van der Waals surface area contributed by atoms with Crippen LogP contribution in [0, 0.1) is 12.7 Å². The van der Waals surface area contributed by atoms with Crippen molar-refractivity contribution < 1.29 is 22.4 Å². The molecule has 7 heteroatoms. The SMILES string of the molecule is CNC(=O)[C@H](NCC[C@@H](c1ccc(C(F)(F)F)cc1)c1cc(C)ccc1F)c1ccccc1. The first kappa shape index (κ1) is 24.5. The molecule has 0 fully saturated rings. The van der Waals surface area contributed by atoms with Gasteiger partial charge in [0.25, 0.3) is 0 Å². The van der Waals surface area contributed by atoms with Gasteiger partial charge in [0, 0.05) is 13.0 Å². The highest BCUT2D eigenvalue weighted by Gasteiger charge is 2.30. The highest BCUT2D eigenvalue weighted by atomic mass is 19.4. The Labute approximate surface area is 190 Å². The second-order valence-electron chi connectivity index (χ2n) is 7.90. The Morgan fingerprint density at radius 2 is 1.61 bits per heavy atom. The number of hydrogen-bond donors (Lipinski definition) is 2. The third-order valence-electron chi connectivity index (χ3n) is 5.59. The zero-order valence-corrected chi connectivity index (χ0v) is 18.4. The standard InChI is InChI=1S/C26H26F4N2O/c1-17-8-13-23(27)22(16-17)21(18-9-11-20(12-10-18)26(28,29)30)14-15-32-24(25(33)31-2)19-6-4-3-5-7-19/h3-13,16,21,24,32H,14-15H2,1-2H3,(H,31,33)/t21-,24+/m0/s1. The van der Waals surface area contributed by atoms with Crippen LogP contribution in [0.1, 0.15) is 46.2 Å². The zero-order chi connectivity index (χ0) is 24.0. The number of benzene rings is 3. The largest absolute Gasteiger partial charge is 0.416 e. The number of amides is 1. The van der Waals surface area contributed by atoms with E-state index in [0.717, 1.165) is 23.3 Å². The molecule has 3 aromatic rings. The van der Waals surface area contributed by atoms with Gasteiger partial charge in [0.15, 0.2) is 0 Å². The molecule has 2 N–H and O–H groups in total. The number of carbonyl (C=O) groups is 1. The van der Waals surface area contributed by atoms with Gasteiger partial charge in [-0.1, -0.05) is 60.2 Å². The first-order chi connectivity index (χ1) is 15.7. The van der Waals surface area contributed by atoms with E-state index in [-0.39, 0.29) is 5.91 Å². The lowest BCUT2D eigenvalue weighted by atomic mass is 9.86. The smallest absolute Gasteiger partial charge is 0.358 e. The molecule has 0 aliphatic carbocycles. The van der Waals surface area contributed by atoms with Gasteiger partial charge in [-0.25, -0.2) is 4.39 Å². The molecule has 1 amide bonds. The minimum atomic E-state index is -4.44. The molecule has 0 bridgehead atoms. The van der Waals surface area contributed by atoms with Gasteiger partial charge in [0.1, 0.15) is 11.9 Å². The summed E-state index contributed by atoms with van der Waals surface area (Å²) in [6, 6.07) is 18.1. The van der Waals surface area contributed by atoms with Crippen molar-refractivity contribution in [2.45, 2.75) is 31.5 Å². The number of halogens is 4. The van der Waals surface area contributed by atoms with Gasteiger partial charge in [-0.05, 0) is 54.8 Å². The second kappa shape index (κ2) is 10.6. The predicted molar refractivity (Wildman–Crippen MR) is 120 cm³/mol. The van der Waals surface area contributed by atoms with Crippen LogP contribution in [0.3, 0.4) is 0 Å². The molecule has 0 unspecified atom stereocenters. The van der Waals surface area contributed by atoms with E-state index in [9.17, 15) is 22.4 Å². The lowest BCUT2D eigenvalue weighted by molar-refractivity contribution is -0.137. The monoisotopic (exact) mass is 458 g/mol. The second-order valence-corrected chi connectivity index (χ2v) is 7.90. The van der Waals surface area contributed by atoms with Gasteiger partial charge in [0.2, 0.25) is 5.91 Å². The van der Waals surface area contributed by atoms with Crippen LogP contribution in [0.25, 0.3) is 0 Å². The van der Waals surface area contributed by atoms with Gasteiger partial charge in [-0.15, -0.1) is 0 Å². The molecule has 0 saturated carbocycles. The molecular weight excluding hydrogens is 432 g/mol. The molecule has 174 valence electrons. The molecule has 3 rings (SSSR count). The topological polar surface area (TPSA) is 41.1 Å². The van der Waals surface area contributed by atoms with Crippen molar-refractivity contribution in [2.75, 3.05) is 13.6 Å². The summed E-state index contributed by atoms with van der Waals surface area (Å²) in [4.78, 5) is 12.4. The molecule has 3 nitrogen and oxygen atoms in total. The molecule has 0 aliphatic heterocycles. The van der Waals surface area contributed by atoms with E-state index >= 15 is 0 Å². The van der Waals surface area contributed by atoms with Crippen LogP contribution in [-0.2, 0) is 11.0 Å². The van der Waals surface area contributed by atoms with E-state index in [4.69, 9.17) is 0 Å². The van der Waals surface area contributed by atoms with E-state index in [1.807, 2.05) is 37.3 Å². The molecule has 0 radical (unpaired) electrons. The number of aryl methyl sites for hydroxylation is 1. The summed E-state index contributed by atoms with van der Waals surface area (Å²) in [6.07, 6.45) is -4.06. The Morgan fingerprint density at radius 3 is 2.21 bits per heavy atom. The molecule has 0 spiro atoms. The van der Waals surface area contributed by atoms with E-state index in [1.165, 1.54) is 18.2 Å².